The lowest BCUT2D eigenvalue weighted by molar-refractivity contribution is 0.474. The SMILES string of the molecule is CCNC(=NCc1ccccc1CS(=O)(=O)NC(C)C)N(C)Cc1cccc(F)c1. The molecule has 164 valence electrons. The second kappa shape index (κ2) is 11.1. The number of nitrogens with zero attached hydrogens (tertiary/aromatic N) is 2. The molecule has 8 heteroatoms. The highest BCUT2D eigenvalue weighted by Crippen LogP contribution is 2.14. The molecule has 0 radical (unpaired) electrons. The zero-order valence-corrected chi connectivity index (χ0v) is 18.8. The number of rotatable bonds is 9. The lowest BCUT2D eigenvalue weighted by Crippen LogP contribution is -2.38. The van der Waals surface area contributed by atoms with Gasteiger partial charge in [0.1, 0.15) is 5.82 Å². The third-order valence-electron chi connectivity index (χ3n) is 4.28. The molecule has 0 bridgehead atoms. The summed E-state index contributed by atoms with van der Waals surface area (Å²) in [7, 11) is -1.54. The van der Waals surface area contributed by atoms with Crippen molar-refractivity contribution in [3.63, 3.8) is 0 Å². The van der Waals surface area contributed by atoms with E-state index in [9.17, 15) is 12.8 Å². The van der Waals surface area contributed by atoms with E-state index in [1.54, 1.807) is 19.9 Å². The summed E-state index contributed by atoms with van der Waals surface area (Å²) in [4.78, 5) is 6.59. The van der Waals surface area contributed by atoms with Gasteiger partial charge in [-0.3, -0.25) is 0 Å². The Hall–Kier alpha value is -2.45. The molecule has 30 heavy (non-hydrogen) atoms. The fourth-order valence-electron chi connectivity index (χ4n) is 3.07. The van der Waals surface area contributed by atoms with Crippen molar-refractivity contribution in [3.05, 3.63) is 71.0 Å². The highest BCUT2D eigenvalue weighted by atomic mass is 32.2. The Bertz CT molecular complexity index is 961. The summed E-state index contributed by atoms with van der Waals surface area (Å²) in [5.41, 5.74) is 2.41. The molecule has 2 N–H and O–H groups in total. The van der Waals surface area contributed by atoms with E-state index in [2.05, 4.69) is 15.0 Å². The number of nitrogens with one attached hydrogen (secondary N) is 2. The van der Waals surface area contributed by atoms with Crippen molar-refractivity contribution in [1.29, 1.82) is 0 Å². The number of hydrogen-bond acceptors (Lipinski definition) is 3. The molecule has 0 heterocycles. The van der Waals surface area contributed by atoms with Crippen LogP contribution in [0.2, 0.25) is 0 Å². The van der Waals surface area contributed by atoms with Gasteiger partial charge in [0.15, 0.2) is 5.96 Å². The zero-order chi connectivity index (χ0) is 22.1. The molecule has 0 aliphatic rings. The molecule has 0 aliphatic heterocycles. The summed E-state index contributed by atoms with van der Waals surface area (Å²) in [6.45, 7) is 7.08. The summed E-state index contributed by atoms with van der Waals surface area (Å²) < 4.78 is 40.8. The van der Waals surface area contributed by atoms with Gasteiger partial charge >= 0.3 is 0 Å². The van der Waals surface area contributed by atoms with Gasteiger partial charge in [-0.2, -0.15) is 0 Å². The number of sulfonamides is 1. The molecule has 2 aromatic rings. The molecule has 2 aromatic carbocycles. The maximum atomic E-state index is 13.5. The third-order valence-corrected chi connectivity index (χ3v) is 5.81. The Morgan fingerprint density at radius 3 is 2.47 bits per heavy atom. The molecule has 0 atom stereocenters. The Labute approximate surface area is 179 Å². The summed E-state index contributed by atoms with van der Waals surface area (Å²) in [5.74, 6) is 0.305. The van der Waals surface area contributed by atoms with Gasteiger partial charge in [-0.05, 0) is 49.6 Å². The van der Waals surface area contributed by atoms with Gasteiger partial charge in [0.05, 0.1) is 12.3 Å². The zero-order valence-electron chi connectivity index (χ0n) is 18.0. The summed E-state index contributed by atoms with van der Waals surface area (Å²) in [6, 6.07) is 13.7. The monoisotopic (exact) mass is 434 g/mol. The maximum absolute atomic E-state index is 13.5. The minimum Gasteiger partial charge on any atom is -0.357 e. The predicted molar refractivity (Wildman–Crippen MR) is 120 cm³/mol. The van der Waals surface area contributed by atoms with E-state index in [1.165, 1.54) is 12.1 Å². The van der Waals surface area contributed by atoms with Gasteiger partial charge in [-0.25, -0.2) is 22.5 Å². The van der Waals surface area contributed by atoms with Crippen LogP contribution in [0.3, 0.4) is 0 Å². The molecule has 0 amide bonds. The first kappa shape index (κ1) is 23.8. The fraction of sp³-hybridized carbons (Fsp3) is 0.409. The van der Waals surface area contributed by atoms with Crippen LogP contribution in [-0.2, 0) is 28.9 Å². The second-order valence-corrected chi connectivity index (χ2v) is 9.21. The van der Waals surface area contributed by atoms with Crippen molar-refractivity contribution >= 4 is 16.0 Å². The molecule has 0 aromatic heterocycles. The van der Waals surface area contributed by atoms with Gasteiger partial charge in [-0.1, -0.05) is 36.4 Å². The van der Waals surface area contributed by atoms with E-state index in [4.69, 9.17) is 0 Å². The van der Waals surface area contributed by atoms with E-state index in [0.29, 0.717) is 25.6 Å². The van der Waals surface area contributed by atoms with Crippen LogP contribution >= 0.6 is 0 Å². The first-order valence-corrected chi connectivity index (χ1v) is 11.7. The third kappa shape index (κ3) is 7.76. The standard InChI is InChI=1S/C22H31FN4O2S/c1-5-24-22(27(4)15-18-9-8-12-21(23)13-18)25-14-19-10-6-7-11-20(19)16-30(28,29)26-17(2)3/h6-13,17,26H,5,14-16H2,1-4H3,(H,24,25). The number of aliphatic imine (C=N–C) groups is 1. The largest absolute Gasteiger partial charge is 0.357 e. The molecular weight excluding hydrogens is 403 g/mol. The van der Waals surface area contributed by atoms with Crippen LogP contribution in [0, 0.1) is 5.82 Å². The van der Waals surface area contributed by atoms with Gasteiger partial charge in [-0.15, -0.1) is 0 Å². The van der Waals surface area contributed by atoms with Gasteiger partial charge in [0.25, 0.3) is 0 Å². The minimum atomic E-state index is -3.43. The molecule has 0 spiro atoms. The molecule has 0 saturated carbocycles. The molecule has 6 nitrogen and oxygen atoms in total. The lowest BCUT2D eigenvalue weighted by atomic mass is 10.1. The summed E-state index contributed by atoms with van der Waals surface area (Å²) >= 11 is 0. The van der Waals surface area contributed by atoms with Gasteiger partial charge < -0.3 is 10.2 Å². The second-order valence-electron chi connectivity index (χ2n) is 7.46. The van der Waals surface area contributed by atoms with E-state index >= 15 is 0 Å². The van der Waals surface area contributed by atoms with Crippen LogP contribution in [0.1, 0.15) is 37.5 Å². The Kier molecular flexibility index (Phi) is 8.80. The number of benzene rings is 2. The van der Waals surface area contributed by atoms with Gasteiger partial charge in [0.2, 0.25) is 10.0 Å². The number of guanidine groups is 1. The first-order chi connectivity index (χ1) is 14.2. The Morgan fingerprint density at radius 1 is 1.13 bits per heavy atom. The molecule has 0 saturated heterocycles. The van der Waals surface area contributed by atoms with E-state index in [0.717, 1.165) is 16.7 Å². The average Bonchev–Trinajstić information content (AvgIpc) is 2.64. The normalized spacial score (nSPS) is 12.3. The Balaban J connectivity index is 2.18. The summed E-state index contributed by atoms with van der Waals surface area (Å²) in [5, 5.41) is 3.23. The van der Waals surface area contributed by atoms with Crippen molar-refractivity contribution in [2.75, 3.05) is 13.6 Å². The molecule has 0 fully saturated rings. The van der Waals surface area contributed by atoms with E-state index < -0.39 is 10.0 Å². The van der Waals surface area contributed by atoms with E-state index in [1.807, 2.05) is 49.2 Å². The van der Waals surface area contributed by atoms with Gasteiger partial charge in [0, 0.05) is 26.2 Å². The summed E-state index contributed by atoms with van der Waals surface area (Å²) in [6.07, 6.45) is 0. The van der Waals surface area contributed by atoms with Crippen molar-refractivity contribution in [2.45, 2.75) is 45.7 Å². The average molecular weight is 435 g/mol. The fourth-order valence-corrected chi connectivity index (χ4v) is 4.56. The van der Waals surface area contributed by atoms with Crippen molar-refractivity contribution in [2.24, 2.45) is 4.99 Å². The molecule has 0 unspecified atom stereocenters. The molecule has 0 aliphatic carbocycles. The van der Waals surface area contributed by atoms with Crippen LogP contribution in [0.5, 0.6) is 0 Å². The predicted octanol–water partition coefficient (Wildman–Crippen LogP) is 3.25. The minimum absolute atomic E-state index is 0.0907. The quantitative estimate of drug-likeness (QED) is 0.469. The maximum Gasteiger partial charge on any atom is 0.216 e. The topological polar surface area (TPSA) is 73.8 Å². The lowest BCUT2D eigenvalue weighted by Gasteiger charge is -2.22. The van der Waals surface area contributed by atoms with Crippen LogP contribution in [0.25, 0.3) is 0 Å². The molecule has 2 rings (SSSR count). The van der Waals surface area contributed by atoms with Crippen LogP contribution in [0.4, 0.5) is 4.39 Å². The van der Waals surface area contributed by atoms with Crippen LogP contribution in [-0.4, -0.2) is 38.9 Å². The van der Waals surface area contributed by atoms with Crippen molar-refractivity contribution in [3.8, 4) is 0 Å². The van der Waals surface area contributed by atoms with Crippen molar-refractivity contribution < 1.29 is 12.8 Å². The highest BCUT2D eigenvalue weighted by Gasteiger charge is 2.15. The highest BCUT2D eigenvalue weighted by molar-refractivity contribution is 7.88. The first-order valence-electron chi connectivity index (χ1n) is 10.0. The number of halogens is 1. The van der Waals surface area contributed by atoms with Crippen LogP contribution < -0.4 is 10.0 Å². The van der Waals surface area contributed by atoms with Crippen molar-refractivity contribution in [1.82, 2.24) is 14.9 Å². The van der Waals surface area contributed by atoms with E-state index in [-0.39, 0.29) is 17.6 Å². The Morgan fingerprint density at radius 2 is 1.83 bits per heavy atom. The smallest absolute Gasteiger partial charge is 0.216 e. The number of hydrogen-bond donors (Lipinski definition) is 2. The molecular formula is C22H31FN4O2S. The van der Waals surface area contributed by atoms with Crippen LogP contribution in [0.15, 0.2) is 53.5 Å².